The predicted molar refractivity (Wildman–Crippen MR) is 71.5 cm³/mol. The van der Waals surface area contributed by atoms with E-state index in [2.05, 4.69) is 9.80 Å². The Morgan fingerprint density at radius 1 is 0.944 bits per heavy atom. The number of piperidine rings is 4. The van der Waals surface area contributed by atoms with Crippen molar-refractivity contribution >= 4 is 0 Å². The minimum atomic E-state index is -0.392. The van der Waals surface area contributed by atoms with Crippen LogP contribution in [0.5, 0.6) is 0 Å². The molecular weight excluding hydrogens is 224 g/mol. The summed E-state index contributed by atoms with van der Waals surface area (Å²) < 4.78 is 0. The fourth-order valence-electron chi connectivity index (χ4n) is 5.30. The van der Waals surface area contributed by atoms with Gasteiger partial charge in [-0.1, -0.05) is 12.8 Å². The van der Waals surface area contributed by atoms with Gasteiger partial charge < -0.3 is 5.11 Å². The smallest absolute Gasteiger partial charge is 0.0932 e. The minimum Gasteiger partial charge on any atom is -0.387 e. The zero-order chi connectivity index (χ0) is 12.2. The average Bonchev–Trinajstić information content (AvgIpc) is 2.38. The number of rotatable bonds is 0. The second-order valence-electron chi connectivity index (χ2n) is 7.11. The zero-order valence-electron chi connectivity index (χ0n) is 11.4. The van der Waals surface area contributed by atoms with Crippen molar-refractivity contribution in [1.82, 2.24) is 9.80 Å². The summed E-state index contributed by atoms with van der Waals surface area (Å²) in [5, 5.41) is 11.2. The van der Waals surface area contributed by atoms with E-state index in [-0.39, 0.29) is 0 Å². The summed E-state index contributed by atoms with van der Waals surface area (Å²) >= 11 is 0. The average molecular weight is 250 g/mol. The molecule has 18 heavy (non-hydrogen) atoms. The first-order valence-electron chi connectivity index (χ1n) is 7.97. The van der Waals surface area contributed by atoms with Crippen molar-refractivity contribution in [2.75, 3.05) is 26.2 Å². The summed E-state index contributed by atoms with van der Waals surface area (Å²) in [6.07, 6.45) is 9.08. The molecule has 1 N–H and O–H groups in total. The Hall–Kier alpha value is -0.120. The van der Waals surface area contributed by atoms with Crippen LogP contribution in [0.15, 0.2) is 0 Å². The first-order valence-corrected chi connectivity index (χ1v) is 7.97. The molecule has 0 spiro atoms. The van der Waals surface area contributed by atoms with Crippen LogP contribution in [0, 0.1) is 5.92 Å². The van der Waals surface area contributed by atoms with E-state index in [1.165, 1.54) is 58.2 Å². The van der Waals surface area contributed by atoms with Crippen molar-refractivity contribution < 1.29 is 5.11 Å². The van der Waals surface area contributed by atoms with E-state index in [0.717, 1.165) is 24.9 Å². The molecule has 4 aliphatic heterocycles. The van der Waals surface area contributed by atoms with Crippen LogP contribution >= 0.6 is 0 Å². The standard InChI is InChI=1S/C15H26N2O/c18-15-9-12(10-16-7-4-2-6-14(15)16)13-5-1-3-8-17(13)11-15/h12-14,18H,1-11H2/t12-,13-,14+,15+/m0/s1. The Labute approximate surface area is 110 Å². The normalized spacial score (nSPS) is 49.5. The summed E-state index contributed by atoms with van der Waals surface area (Å²) in [6.45, 7) is 4.68. The van der Waals surface area contributed by atoms with Crippen LogP contribution in [0.3, 0.4) is 0 Å². The fourth-order valence-corrected chi connectivity index (χ4v) is 5.30. The SMILES string of the molecule is O[C@@]12C[C@@H](CN3CCCC[C@@H]31)[C@@H]1CCCCN1C2. The Kier molecular flexibility index (Phi) is 2.72. The van der Waals surface area contributed by atoms with Crippen molar-refractivity contribution in [2.45, 2.75) is 62.6 Å². The molecular formula is C15H26N2O. The molecule has 3 heteroatoms. The van der Waals surface area contributed by atoms with E-state index in [0.29, 0.717) is 6.04 Å². The quantitative estimate of drug-likeness (QED) is 0.705. The van der Waals surface area contributed by atoms with E-state index < -0.39 is 5.60 Å². The van der Waals surface area contributed by atoms with Gasteiger partial charge in [0.05, 0.1) is 5.60 Å². The first kappa shape index (κ1) is 11.7. The lowest BCUT2D eigenvalue weighted by Gasteiger charge is -2.60. The van der Waals surface area contributed by atoms with E-state index in [1.54, 1.807) is 0 Å². The summed E-state index contributed by atoms with van der Waals surface area (Å²) in [7, 11) is 0. The molecule has 0 radical (unpaired) electrons. The Bertz CT molecular complexity index is 332. The second-order valence-corrected chi connectivity index (χ2v) is 7.11. The fraction of sp³-hybridized carbons (Fsp3) is 1.00. The molecule has 0 aromatic heterocycles. The molecule has 4 aliphatic rings. The summed E-state index contributed by atoms with van der Waals surface area (Å²) in [5.41, 5.74) is -0.392. The number of aliphatic hydroxyl groups is 1. The van der Waals surface area contributed by atoms with Crippen molar-refractivity contribution in [3.8, 4) is 0 Å². The van der Waals surface area contributed by atoms with Gasteiger partial charge in [-0.2, -0.15) is 0 Å². The van der Waals surface area contributed by atoms with Crippen LogP contribution < -0.4 is 0 Å². The topological polar surface area (TPSA) is 26.7 Å². The molecule has 4 fully saturated rings. The second kappa shape index (κ2) is 4.19. The Morgan fingerprint density at radius 3 is 2.61 bits per heavy atom. The van der Waals surface area contributed by atoms with Crippen LogP contribution in [0.1, 0.15) is 44.9 Å². The van der Waals surface area contributed by atoms with Crippen LogP contribution in [0.4, 0.5) is 0 Å². The number of hydrogen-bond donors (Lipinski definition) is 1. The monoisotopic (exact) mass is 250 g/mol. The number of fused-ring (bicyclic) bond motifs is 6. The van der Waals surface area contributed by atoms with E-state index >= 15 is 0 Å². The molecule has 0 unspecified atom stereocenters. The van der Waals surface area contributed by atoms with Crippen molar-refractivity contribution in [3.63, 3.8) is 0 Å². The Balaban J connectivity index is 1.63. The maximum Gasteiger partial charge on any atom is 0.0932 e. The summed E-state index contributed by atoms with van der Waals surface area (Å²) in [4.78, 5) is 5.26. The predicted octanol–water partition coefficient (Wildman–Crippen LogP) is 1.46. The molecule has 3 nitrogen and oxygen atoms in total. The highest BCUT2D eigenvalue weighted by Gasteiger charge is 2.54. The van der Waals surface area contributed by atoms with E-state index in [4.69, 9.17) is 0 Å². The molecule has 4 atom stereocenters. The van der Waals surface area contributed by atoms with Gasteiger partial charge in [-0.05, 0) is 51.1 Å². The molecule has 2 bridgehead atoms. The molecule has 0 aromatic carbocycles. The van der Waals surface area contributed by atoms with Gasteiger partial charge in [0.25, 0.3) is 0 Å². The van der Waals surface area contributed by atoms with E-state index in [1.807, 2.05) is 0 Å². The lowest BCUT2D eigenvalue weighted by Crippen LogP contribution is -2.71. The van der Waals surface area contributed by atoms with Gasteiger partial charge in [-0.25, -0.2) is 0 Å². The van der Waals surface area contributed by atoms with Gasteiger partial charge in [0.2, 0.25) is 0 Å². The van der Waals surface area contributed by atoms with Crippen LogP contribution in [-0.4, -0.2) is 58.8 Å². The van der Waals surface area contributed by atoms with Crippen LogP contribution in [0.25, 0.3) is 0 Å². The van der Waals surface area contributed by atoms with Crippen LogP contribution in [-0.2, 0) is 0 Å². The molecule has 4 rings (SSSR count). The molecule has 4 heterocycles. The van der Waals surface area contributed by atoms with Gasteiger partial charge in [-0.15, -0.1) is 0 Å². The zero-order valence-corrected chi connectivity index (χ0v) is 11.4. The first-order chi connectivity index (χ1) is 8.76. The highest BCUT2D eigenvalue weighted by atomic mass is 16.3. The lowest BCUT2D eigenvalue weighted by molar-refractivity contribution is -0.176. The van der Waals surface area contributed by atoms with Gasteiger partial charge in [0, 0.05) is 25.2 Å². The van der Waals surface area contributed by atoms with Crippen molar-refractivity contribution in [2.24, 2.45) is 5.92 Å². The number of hydrogen-bond acceptors (Lipinski definition) is 3. The molecule has 0 amide bonds. The third kappa shape index (κ3) is 1.67. The van der Waals surface area contributed by atoms with Crippen LogP contribution in [0.2, 0.25) is 0 Å². The molecule has 4 saturated heterocycles. The molecule has 0 saturated carbocycles. The molecule has 0 aromatic rings. The third-order valence-corrected chi connectivity index (χ3v) is 6.00. The van der Waals surface area contributed by atoms with Gasteiger partial charge in [-0.3, -0.25) is 9.80 Å². The highest BCUT2D eigenvalue weighted by Crippen LogP contribution is 2.44. The summed E-state index contributed by atoms with van der Waals surface area (Å²) in [6, 6.07) is 1.24. The molecule has 102 valence electrons. The lowest BCUT2D eigenvalue weighted by atomic mass is 9.68. The maximum atomic E-state index is 11.2. The van der Waals surface area contributed by atoms with Gasteiger partial charge in [0.15, 0.2) is 0 Å². The minimum absolute atomic E-state index is 0.392. The van der Waals surface area contributed by atoms with Gasteiger partial charge in [0.1, 0.15) is 0 Å². The van der Waals surface area contributed by atoms with Gasteiger partial charge >= 0.3 is 0 Å². The number of nitrogens with zero attached hydrogens (tertiary/aromatic N) is 2. The van der Waals surface area contributed by atoms with Crippen molar-refractivity contribution in [3.05, 3.63) is 0 Å². The maximum absolute atomic E-state index is 11.2. The summed E-state index contributed by atoms with van der Waals surface area (Å²) in [5.74, 6) is 0.735. The largest absolute Gasteiger partial charge is 0.387 e. The highest BCUT2D eigenvalue weighted by molar-refractivity contribution is 5.09. The Morgan fingerprint density at radius 2 is 1.72 bits per heavy atom. The van der Waals surface area contributed by atoms with Crippen molar-refractivity contribution in [1.29, 1.82) is 0 Å². The van der Waals surface area contributed by atoms with E-state index in [9.17, 15) is 5.11 Å². The third-order valence-electron chi connectivity index (χ3n) is 6.00. The molecule has 0 aliphatic carbocycles.